The Morgan fingerprint density at radius 1 is 1.53 bits per heavy atom. The number of ether oxygens (including phenoxy) is 1. The smallest absolute Gasteiger partial charge is 0.325 e. The van der Waals surface area contributed by atoms with Gasteiger partial charge in [-0.05, 0) is 18.2 Å². The number of carbonyl (C=O) groups excluding carboxylic acids is 2. The summed E-state index contributed by atoms with van der Waals surface area (Å²) in [6, 6.07) is 5.20. The molecular formula is C11H11ClFNO3. The molecule has 4 nitrogen and oxygen atoms in total. The van der Waals surface area contributed by atoms with Gasteiger partial charge in [-0.3, -0.25) is 9.59 Å². The van der Waals surface area contributed by atoms with Crippen LogP contribution in [0.5, 0.6) is 0 Å². The summed E-state index contributed by atoms with van der Waals surface area (Å²) in [5.41, 5.74) is 0.165. The first kappa shape index (κ1) is 13.4. The molecule has 0 saturated heterocycles. The van der Waals surface area contributed by atoms with Crippen molar-refractivity contribution in [3.8, 4) is 0 Å². The summed E-state index contributed by atoms with van der Waals surface area (Å²) in [5.74, 6) is -1.64. The van der Waals surface area contributed by atoms with Crippen molar-refractivity contribution in [3.63, 3.8) is 0 Å². The molecule has 0 heterocycles. The van der Waals surface area contributed by atoms with Crippen LogP contribution in [-0.2, 0) is 9.53 Å². The van der Waals surface area contributed by atoms with E-state index in [-0.39, 0.29) is 12.1 Å². The molecular weight excluding hydrogens is 249 g/mol. The monoisotopic (exact) mass is 259 g/mol. The van der Waals surface area contributed by atoms with E-state index in [0.717, 1.165) is 6.07 Å². The highest BCUT2D eigenvalue weighted by Crippen LogP contribution is 2.04. The minimum absolute atomic E-state index is 0.0798. The second-order valence-corrected chi connectivity index (χ2v) is 3.74. The van der Waals surface area contributed by atoms with Crippen LogP contribution in [0.3, 0.4) is 0 Å². The molecule has 6 heteroatoms. The number of rotatable bonds is 4. The Balaban J connectivity index is 2.53. The molecule has 0 spiro atoms. The van der Waals surface area contributed by atoms with Gasteiger partial charge in [0.2, 0.25) is 0 Å². The highest BCUT2D eigenvalue weighted by molar-refractivity contribution is 6.30. The third kappa shape index (κ3) is 4.03. The van der Waals surface area contributed by atoms with Crippen molar-refractivity contribution in [2.45, 2.75) is 5.38 Å². The van der Waals surface area contributed by atoms with Gasteiger partial charge >= 0.3 is 5.97 Å². The predicted octanol–water partition coefficient (Wildman–Crippen LogP) is 1.34. The van der Waals surface area contributed by atoms with Gasteiger partial charge < -0.3 is 10.1 Å². The van der Waals surface area contributed by atoms with Crippen molar-refractivity contribution in [3.05, 3.63) is 35.6 Å². The fourth-order valence-electron chi connectivity index (χ4n) is 1.13. The van der Waals surface area contributed by atoms with Crippen LogP contribution in [0.1, 0.15) is 10.4 Å². The number of benzene rings is 1. The van der Waals surface area contributed by atoms with E-state index >= 15 is 0 Å². The minimum atomic E-state index is -0.961. The molecule has 17 heavy (non-hydrogen) atoms. The standard InChI is InChI=1S/C11H11ClFNO3/c1-17-11(16)9(12)6-14-10(15)7-3-2-4-8(13)5-7/h2-5,9H,6H2,1H3,(H,14,15). The fraction of sp³-hybridized carbons (Fsp3) is 0.273. The maximum Gasteiger partial charge on any atom is 0.325 e. The number of nitrogens with one attached hydrogen (secondary N) is 1. The van der Waals surface area contributed by atoms with Crippen LogP contribution in [0.4, 0.5) is 4.39 Å². The third-order valence-corrected chi connectivity index (χ3v) is 2.32. The lowest BCUT2D eigenvalue weighted by Gasteiger charge is -2.08. The van der Waals surface area contributed by atoms with Crippen LogP contribution >= 0.6 is 11.6 Å². The Hall–Kier alpha value is -1.62. The lowest BCUT2D eigenvalue weighted by Crippen LogP contribution is -2.34. The molecule has 0 bridgehead atoms. The first-order chi connectivity index (χ1) is 8.04. The summed E-state index contributed by atoms with van der Waals surface area (Å²) in [6.45, 7) is -0.0798. The molecule has 1 unspecified atom stereocenters. The van der Waals surface area contributed by atoms with E-state index in [9.17, 15) is 14.0 Å². The highest BCUT2D eigenvalue weighted by Gasteiger charge is 2.17. The van der Waals surface area contributed by atoms with E-state index in [1.807, 2.05) is 0 Å². The average molecular weight is 260 g/mol. The third-order valence-electron chi connectivity index (χ3n) is 1.99. The van der Waals surface area contributed by atoms with E-state index in [1.54, 1.807) is 0 Å². The van der Waals surface area contributed by atoms with Gasteiger partial charge in [0.05, 0.1) is 7.11 Å². The second-order valence-electron chi connectivity index (χ2n) is 3.21. The number of carbonyl (C=O) groups is 2. The van der Waals surface area contributed by atoms with Crippen molar-refractivity contribution < 1.29 is 18.7 Å². The van der Waals surface area contributed by atoms with Gasteiger partial charge in [0.1, 0.15) is 11.2 Å². The normalized spacial score (nSPS) is 11.7. The zero-order valence-electron chi connectivity index (χ0n) is 9.07. The maximum absolute atomic E-state index is 12.8. The zero-order chi connectivity index (χ0) is 12.8. The SMILES string of the molecule is COC(=O)C(Cl)CNC(=O)c1cccc(F)c1. The summed E-state index contributed by atoms with van der Waals surface area (Å²) in [7, 11) is 1.20. The number of methoxy groups -OCH3 is 1. The van der Waals surface area contributed by atoms with Gasteiger partial charge in [0, 0.05) is 12.1 Å². The van der Waals surface area contributed by atoms with Crippen molar-refractivity contribution in [2.75, 3.05) is 13.7 Å². The van der Waals surface area contributed by atoms with E-state index < -0.39 is 23.1 Å². The quantitative estimate of drug-likeness (QED) is 0.656. The summed E-state index contributed by atoms with van der Waals surface area (Å²) in [4.78, 5) is 22.5. The molecule has 92 valence electrons. The number of amides is 1. The van der Waals surface area contributed by atoms with Gasteiger partial charge in [-0.15, -0.1) is 11.6 Å². The molecule has 0 radical (unpaired) electrons. The summed E-state index contributed by atoms with van der Waals surface area (Å²) >= 11 is 5.63. The molecule has 1 aromatic rings. The van der Waals surface area contributed by atoms with Crippen molar-refractivity contribution in [1.29, 1.82) is 0 Å². The first-order valence-electron chi connectivity index (χ1n) is 4.80. The fourth-order valence-corrected chi connectivity index (χ4v) is 1.29. The van der Waals surface area contributed by atoms with Crippen LogP contribution < -0.4 is 5.32 Å². The number of alkyl halides is 1. The van der Waals surface area contributed by atoms with E-state index in [4.69, 9.17) is 11.6 Å². The molecule has 0 aromatic heterocycles. The Morgan fingerprint density at radius 2 is 2.24 bits per heavy atom. The predicted molar refractivity (Wildman–Crippen MR) is 60.4 cm³/mol. The maximum atomic E-state index is 12.8. The van der Waals surface area contributed by atoms with Gasteiger partial charge in [0.15, 0.2) is 0 Å². The number of esters is 1. The minimum Gasteiger partial charge on any atom is -0.468 e. The number of halogens is 2. The average Bonchev–Trinajstić information content (AvgIpc) is 2.34. The van der Waals surface area contributed by atoms with E-state index in [0.29, 0.717) is 0 Å². The molecule has 0 aliphatic carbocycles. The Morgan fingerprint density at radius 3 is 2.82 bits per heavy atom. The molecule has 1 rings (SSSR count). The summed E-state index contributed by atoms with van der Waals surface area (Å²) in [5, 5.41) is 1.44. The summed E-state index contributed by atoms with van der Waals surface area (Å²) in [6.07, 6.45) is 0. The van der Waals surface area contributed by atoms with Crippen LogP contribution in [0, 0.1) is 5.82 Å². The molecule has 1 amide bonds. The molecule has 0 aliphatic rings. The second kappa shape index (κ2) is 6.20. The van der Waals surface area contributed by atoms with E-state index in [2.05, 4.69) is 10.1 Å². The van der Waals surface area contributed by atoms with Crippen molar-refractivity contribution in [1.82, 2.24) is 5.32 Å². The van der Waals surface area contributed by atoms with Crippen molar-refractivity contribution >= 4 is 23.5 Å². The Kier molecular flexibility index (Phi) is 4.90. The van der Waals surface area contributed by atoms with Crippen LogP contribution in [0.25, 0.3) is 0 Å². The van der Waals surface area contributed by atoms with E-state index in [1.165, 1.54) is 25.3 Å². The van der Waals surface area contributed by atoms with Gasteiger partial charge in [-0.25, -0.2) is 4.39 Å². The highest BCUT2D eigenvalue weighted by atomic mass is 35.5. The van der Waals surface area contributed by atoms with Crippen LogP contribution in [0.2, 0.25) is 0 Å². The Bertz CT molecular complexity index is 425. The molecule has 0 aliphatic heterocycles. The van der Waals surface area contributed by atoms with Crippen molar-refractivity contribution in [2.24, 2.45) is 0 Å². The topological polar surface area (TPSA) is 55.4 Å². The number of hydrogen-bond donors (Lipinski definition) is 1. The summed E-state index contributed by atoms with van der Waals surface area (Å²) < 4.78 is 17.2. The first-order valence-corrected chi connectivity index (χ1v) is 5.24. The largest absolute Gasteiger partial charge is 0.468 e. The number of hydrogen-bond acceptors (Lipinski definition) is 3. The molecule has 1 aromatic carbocycles. The zero-order valence-corrected chi connectivity index (χ0v) is 9.83. The molecule has 0 saturated carbocycles. The van der Waals surface area contributed by atoms with Gasteiger partial charge in [-0.1, -0.05) is 6.07 Å². The van der Waals surface area contributed by atoms with Gasteiger partial charge in [-0.2, -0.15) is 0 Å². The van der Waals surface area contributed by atoms with Crippen LogP contribution in [-0.4, -0.2) is 30.9 Å². The lowest BCUT2D eigenvalue weighted by molar-refractivity contribution is -0.140. The van der Waals surface area contributed by atoms with Crippen LogP contribution in [0.15, 0.2) is 24.3 Å². The molecule has 1 atom stereocenters. The molecule has 0 fully saturated rings. The Labute approximate surface area is 103 Å². The molecule has 1 N–H and O–H groups in total. The lowest BCUT2D eigenvalue weighted by atomic mass is 10.2. The van der Waals surface area contributed by atoms with Gasteiger partial charge in [0.25, 0.3) is 5.91 Å².